The van der Waals surface area contributed by atoms with Gasteiger partial charge in [-0.1, -0.05) is 20.8 Å². The van der Waals surface area contributed by atoms with Gasteiger partial charge in [-0.15, -0.1) is 11.3 Å². The van der Waals surface area contributed by atoms with E-state index in [9.17, 15) is 4.79 Å². The fourth-order valence-electron chi connectivity index (χ4n) is 2.42. The smallest absolute Gasteiger partial charge is 0.320 e. The van der Waals surface area contributed by atoms with Crippen LogP contribution < -0.4 is 0 Å². The zero-order chi connectivity index (χ0) is 15.6. The number of hydrogen-bond donors (Lipinski definition) is 1. The second-order valence-corrected chi connectivity index (χ2v) is 7.58. The van der Waals surface area contributed by atoms with Crippen LogP contribution in [0, 0.1) is 0 Å². The molecule has 0 radical (unpaired) electrons. The molecule has 0 aromatic carbocycles. The molecule has 1 fully saturated rings. The SMILES string of the molecule is C[C@@H](C(=O)O)N1CCN(Cc2csc(C(C)(C)C)n2)CC1. The third kappa shape index (κ3) is 4.25. The van der Waals surface area contributed by atoms with Gasteiger partial charge in [-0.2, -0.15) is 0 Å². The van der Waals surface area contributed by atoms with E-state index in [2.05, 4.69) is 31.1 Å². The normalized spacial score (nSPS) is 19.6. The summed E-state index contributed by atoms with van der Waals surface area (Å²) in [6, 6.07) is -0.390. The topological polar surface area (TPSA) is 56.7 Å². The summed E-state index contributed by atoms with van der Waals surface area (Å²) in [5, 5.41) is 12.4. The quantitative estimate of drug-likeness (QED) is 0.922. The molecule has 1 saturated heterocycles. The zero-order valence-corrected chi connectivity index (χ0v) is 14.1. The number of thiazole rings is 1. The molecule has 1 aliphatic rings. The number of carboxylic acid groups (broad SMARTS) is 1. The molecule has 0 unspecified atom stereocenters. The van der Waals surface area contributed by atoms with Crippen molar-refractivity contribution in [2.45, 2.75) is 45.7 Å². The second-order valence-electron chi connectivity index (χ2n) is 6.72. The Balaban J connectivity index is 1.86. The Kier molecular flexibility index (Phi) is 5.01. The Morgan fingerprint density at radius 1 is 1.38 bits per heavy atom. The van der Waals surface area contributed by atoms with Gasteiger partial charge in [0.15, 0.2) is 0 Å². The van der Waals surface area contributed by atoms with Gasteiger partial charge in [-0.05, 0) is 6.92 Å². The van der Waals surface area contributed by atoms with Crippen molar-refractivity contribution in [1.29, 1.82) is 0 Å². The van der Waals surface area contributed by atoms with Crippen molar-refractivity contribution in [1.82, 2.24) is 14.8 Å². The molecule has 0 amide bonds. The average molecular weight is 311 g/mol. The molecular formula is C15H25N3O2S. The lowest BCUT2D eigenvalue weighted by Crippen LogP contribution is -2.51. The largest absolute Gasteiger partial charge is 0.480 e. The van der Waals surface area contributed by atoms with Gasteiger partial charge >= 0.3 is 5.97 Å². The molecule has 0 saturated carbocycles. The lowest BCUT2D eigenvalue weighted by Gasteiger charge is -2.36. The van der Waals surface area contributed by atoms with Gasteiger partial charge in [-0.3, -0.25) is 14.6 Å². The summed E-state index contributed by atoms with van der Waals surface area (Å²) in [4.78, 5) is 20.1. The van der Waals surface area contributed by atoms with E-state index >= 15 is 0 Å². The van der Waals surface area contributed by atoms with E-state index in [-0.39, 0.29) is 11.5 Å². The number of piperazine rings is 1. The highest BCUT2D eigenvalue weighted by molar-refractivity contribution is 7.09. The molecule has 6 heteroatoms. The lowest BCUT2D eigenvalue weighted by molar-refractivity contribution is -0.143. The predicted octanol–water partition coefficient (Wildman–Crippen LogP) is 2.03. The Morgan fingerprint density at radius 2 is 2.00 bits per heavy atom. The van der Waals surface area contributed by atoms with E-state index < -0.39 is 5.97 Å². The van der Waals surface area contributed by atoms with Crippen LogP contribution in [0.3, 0.4) is 0 Å². The summed E-state index contributed by atoms with van der Waals surface area (Å²) in [6.45, 7) is 12.6. The molecule has 0 bridgehead atoms. The Hall–Kier alpha value is -0.980. The molecule has 0 spiro atoms. The summed E-state index contributed by atoms with van der Waals surface area (Å²) >= 11 is 1.73. The van der Waals surface area contributed by atoms with E-state index in [1.807, 2.05) is 4.90 Å². The predicted molar refractivity (Wildman–Crippen MR) is 84.8 cm³/mol. The molecule has 2 heterocycles. The monoisotopic (exact) mass is 311 g/mol. The van der Waals surface area contributed by atoms with Crippen LogP contribution in [0.4, 0.5) is 0 Å². The van der Waals surface area contributed by atoms with Crippen LogP contribution in [0.15, 0.2) is 5.38 Å². The van der Waals surface area contributed by atoms with Crippen molar-refractivity contribution in [2.75, 3.05) is 26.2 Å². The lowest BCUT2D eigenvalue weighted by atomic mass is 9.98. The zero-order valence-electron chi connectivity index (χ0n) is 13.3. The summed E-state index contributed by atoms with van der Waals surface area (Å²) in [5.41, 5.74) is 1.24. The fourth-order valence-corrected chi connectivity index (χ4v) is 3.32. The molecule has 1 N–H and O–H groups in total. The first kappa shape index (κ1) is 16.4. The Labute approximate surface area is 130 Å². The number of rotatable bonds is 4. The molecule has 1 atom stereocenters. The van der Waals surface area contributed by atoms with Crippen LogP contribution in [-0.2, 0) is 16.8 Å². The minimum atomic E-state index is -0.738. The number of carbonyl (C=O) groups is 1. The third-order valence-corrected chi connectivity index (χ3v) is 5.21. The van der Waals surface area contributed by atoms with E-state index in [0.717, 1.165) is 38.4 Å². The van der Waals surface area contributed by atoms with Gasteiger partial charge in [-0.25, -0.2) is 4.98 Å². The van der Waals surface area contributed by atoms with Crippen LogP contribution in [0.2, 0.25) is 0 Å². The minimum absolute atomic E-state index is 0.110. The first-order valence-corrected chi connectivity index (χ1v) is 8.29. The highest BCUT2D eigenvalue weighted by Crippen LogP contribution is 2.26. The van der Waals surface area contributed by atoms with Crippen molar-refractivity contribution in [3.05, 3.63) is 16.1 Å². The molecule has 1 aromatic heterocycles. The summed E-state index contributed by atoms with van der Waals surface area (Å²) in [7, 11) is 0. The van der Waals surface area contributed by atoms with E-state index in [1.165, 1.54) is 5.01 Å². The molecule has 2 rings (SSSR count). The maximum absolute atomic E-state index is 11.0. The molecule has 21 heavy (non-hydrogen) atoms. The fraction of sp³-hybridized carbons (Fsp3) is 0.733. The van der Waals surface area contributed by atoms with Crippen molar-refractivity contribution in [3.8, 4) is 0 Å². The summed E-state index contributed by atoms with van der Waals surface area (Å²) < 4.78 is 0. The van der Waals surface area contributed by atoms with Gasteiger partial charge in [0, 0.05) is 43.5 Å². The van der Waals surface area contributed by atoms with Gasteiger partial charge in [0.2, 0.25) is 0 Å². The van der Waals surface area contributed by atoms with Crippen LogP contribution >= 0.6 is 11.3 Å². The number of carboxylic acids is 1. The standard InChI is InChI=1S/C15H25N3O2S/c1-11(13(19)20)18-7-5-17(6-8-18)9-12-10-21-14(16-12)15(2,3)4/h10-11H,5-9H2,1-4H3,(H,19,20)/t11-/m0/s1. The molecular weight excluding hydrogens is 286 g/mol. The number of hydrogen-bond acceptors (Lipinski definition) is 5. The van der Waals surface area contributed by atoms with Crippen molar-refractivity contribution >= 4 is 17.3 Å². The van der Waals surface area contributed by atoms with Gasteiger partial charge in [0.1, 0.15) is 6.04 Å². The van der Waals surface area contributed by atoms with E-state index in [4.69, 9.17) is 10.1 Å². The van der Waals surface area contributed by atoms with Crippen LogP contribution in [-0.4, -0.2) is 58.1 Å². The first-order valence-electron chi connectivity index (χ1n) is 7.41. The van der Waals surface area contributed by atoms with Crippen molar-refractivity contribution in [2.24, 2.45) is 0 Å². The Bertz CT molecular complexity index is 487. The number of aromatic nitrogens is 1. The van der Waals surface area contributed by atoms with Crippen LogP contribution in [0.25, 0.3) is 0 Å². The average Bonchev–Trinajstić information content (AvgIpc) is 2.87. The highest BCUT2D eigenvalue weighted by atomic mass is 32.1. The maximum Gasteiger partial charge on any atom is 0.320 e. The molecule has 118 valence electrons. The summed E-state index contributed by atoms with van der Waals surface area (Å²) in [5.74, 6) is -0.738. The highest BCUT2D eigenvalue weighted by Gasteiger charge is 2.25. The summed E-state index contributed by atoms with van der Waals surface area (Å²) in [6.07, 6.45) is 0. The first-order chi connectivity index (χ1) is 9.77. The maximum atomic E-state index is 11.0. The third-order valence-electron chi connectivity index (χ3n) is 3.89. The van der Waals surface area contributed by atoms with Crippen molar-refractivity contribution in [3.63, 3.8) is 0 Å². The molecule has 1 aliphatic heterocycles. The van der Waals surface area contributed by atoms with Crippen molar-refractivity contribution < 1.29 is 9.90 Å². The van der Waals surface area contributed by atoms with E-state index in [1.54, 1.807) is 18.3 Å². The molecule has 1 aromatic rings. The number of nitrogens with zero attached hydrogens (tertiary/aromatic N) is 3. The molecule has 5 nitrogen and oxygen atoms in total. The van der Waals surface area contributed by atoms with Gasteiger partial charge in [0.25, 0.3) is 0 Å². The van der Waals surface area contributed by atoms with E-state index in [0.29, 0.717) is 0 Å². The molecule has 0 aliphatic carbocycles. The van der Waals surface area contributed by atoms with Crippen LogP contribution in [0.5, 0.6) is 0 Å². The second kappa shape index (κ2) is 6.42. The van der Waals surface area contributed by atoms with Gasteiger partial charge in [0.05, 0.1) is 10.7 Å². The van der Waals surface area contributed by atoms with Gasteiger partial charge < -0.3 is 5.11 Å². The number of aliphatic carboxylic acids is 1. The minimum Gasteiger partial charge on any atom is -0.480 e. The Morgan fingerprint density at radius 3 is 2.48 bits per heavy atom. The van der Waals surface area contributed by atoms with Crippen LogP contribution in [0.1, 0.15) is 38.4 Å².